The molecule has 1 aromatic heterocycles. The molecule has 6 heteroatoms. The van der Waals surface area contributed by atoms with Gasteiger partial charge in [-0.2, -0.15) is 0 Å². The quantitative estimate of drug-likeness (QED) is 0.811. The van der Waals surface area contributed by atoms with Crippen molar-refractivity contribution in [2.24, 2.45) is 0 Å². The number of hydrogen-bond donors (Lipinski definition) is 2. The third-order valence-corrected chi connectivity index (χ3v) is 2.36. The number of carbonyl (C=O) groups is 1. The molecule has 0 aliphatic rings. The van der Waals surface area contributed by atoms with Crippen molar-refractivity contribution in [3.8, 4) is 0 Å². The Morgan fingerprint density at radius 3 is 2.74 bits per heavy atom. The number of pyridine rings is 1. The summed E-state index contributed by atoms with van der Waals surface area (Å²) in [5.74, 6) is -1.46. The van der Waals surface area contributed by atoms with Crippen molar-refractivity contribution < 1.29 is 9.18 Å². The van der Waals surface area contributed by atoms with E-state index < -0.39 is 11.7 Å². The van der Waals surface area contributed by atoms with Gasteiger partial charge >= 0.3 is 0 Å². The van der Waals surface area contributed by atoms with Crippen molar-refractivity contribution in [3.05, 3.63) is 69.7 Å². The van der Waals surface area contributed by atoms with Gasteiger partial charge in [0.1, 0.15) is 5.82 Å². The first-order chi connectivity index (χ1) is 9.10. The summed E-state index contributed by atoms with van der Waals surface area (Å²) in [7, 11) is 0. The van der Waals surface area contributed by atoms with Crippen LogP contribution in [0.5, 0.6) is 0 Å². The number of aromatic nitrogens is 1. The van der Waals surface area contributed by atoms with Crippen molar-refractivity contribution in [2.75, 3.05) is 5.32 Å². The summed E-state index contributed by atoms with van der Waals surface area (Å²) in [6, 6.07) is 6.22. The number of hydrogen-bond acceptors (Lipinski definition) is 2. The molecule has 0 aliphatic heterocycles. The molecule has 0 fully saturated rings. The van der Waals surface area contributed by atoms with E-state index in [0.29, 0.717) is 0 Å². The van der Waals surface area contributed by atoms with Crippen molar-refractivity contribution in [3.63, 3.8) is 0 Å². The lowest BCUT2D eigenvalue weighted by Gasteiger charge is -2.05. The molecule has 19 heavy (non-hydrogen) atoms. The molecule has 0 atom stereocenters. The fourth-order valence-corrected chi connectivity index (χ4v) is 1.48. The summed E-state index contributed by atoms with van der Waals surface area (Å²) < 4.78 is 13.6. The van der Waals surface area contributed by atoms with Crippen LogP contribution in [0.15, 0.2) is 41.3 Å². The monoisotopic (exact) mass is 257 g/mol. The van der Waals surface area contributed by atoms with Gasteiger partial charge in [0.05, 0.1) is 12.1 Å². The molecule has 2 rings (SSSR count). The molecular formula is C13H8FN3O2. The molecule has 0 spiro atoms. The van der Waals surface area contributed by atoms with Crippen LogP contribution in [0.1, 0.15) is 10.4 Å². The van der Waals surface area contributed by atoms with Gasteiger partial charge in [0.2, 0.25) is 5.56 Å². The normalized spacial score (nSPS) is 9.68. The lowest BCUT2D eigenvalue weighted by molar-refractivity contribution is 0.102. The molecule has 1 heterocycles. The van der Waals surface area contributed by atoms with Crippen LogP contribution in [0.4, 0.5) is 15.8 Å². The molecular weight excluding hydrogens is 249 g/mol. The molecule has 0 saturated heterocycles. The van der Waals surface area contributed by atoms with E-state index >= 15 is 0 Å². The Morgan fingerprint density at radius 1 is 1.32 bits per heavy atom. The van der Waals surface area contributed by atoms with Crippen LogP contribution in [-0.2, 0) is 0 Å². The number of halogens is 1. The van der Waals surface area contributed by atoms with Crippen LogP contribution >= 0.6 is 0 Å². The zero-order valence-corrected chi connectivity index (χ0v) is 9.61. The molecule has 2 aromatic rings. The second kappa shape index (κ2) is 5.14. The first-order valence-electron chi connectivity index (χ1n) is 5.27. The maximum atomic E-state index is 13.6. The topological polar surface area (TPSA) is 66.3 Å². The predicted molar refractivity (Wildman–Crippen MR) is 67.7 cm³/mol. The van der Waals surface area contributed by atoms with E-state index in [1.54, 1.807) is 0 Å². The number of nitrogens with zero attached hydrogens (tertiary/aromatic N) is 1. The Bertz CT molecular complexity index is 731. The fourth-order valence-electron chi connectivity index (χ4n) is 1.48. The number of H-pyrrole nitrogens is 1. The summed E-state index contributed by atoms with van der Waals surface area (Å²) in [5.41, 5.74) is -0.179. The van der Waals surface area contributed by atoms with Crippen LogP contribution in [0.25, 0.3) is 4.85 Å². The molecule has 0 aliphatic carbocycles. The number of rotatable bonds is 2. The van der Waals surface area contributed by atoms with Crippen LogP contribution in [0, 0.1) is 12.4 Å². The van der Waals surface area contributed by atoms with Gasteiger partial charge in [-0.3, -0.25) is 9.59 Å². The molecule has 0 unspecified atom stereocenters. The average Bonchev–Trinajstić information content (AvgIpc) is 2.38. The van der Waals surface area contributed by atoms with Crippen molar-refractivity contribution in [1.82, 2.24) is 4.98 Å². The van der Waals surface area contributed by atoms with Gasteiger partial charge in [-0.1, -0.05) is 12.1 Å². The third kappa shape index (κ3) is 2.84. The smallest absolute Gasteiger partial charge is 0.258 e. The van der Waals surface area contributed by atoms with Gasteiger partial charge < -0.3 is 10.3 Å². The number of carbonyl (C=O) groups excluding carboxylic acids is 1. The molecule has 94 valence electrons. The van der Waals surface area contributed by atoms with Gasteiger partial charge in [-0.05, 0) is 12.1 Å². The summed E-state index contributed by atoms with van der Waals surface area (Å²) in [6.45, 7) is 6.74. The van der Waals surface area contributed by atoms with E-state index in [0.717, 1.165) is 6.07 Å². The number of anilines is 1. The summed E-state index contributed by atoms with van der Waals surface area (Å²) in [6.07, 6.45) is 1.37. The number of nitrogens with one attached hydrogen (secondary N) is 2. The van der Waals surface area contributed by atoms with Crippen LogP contribution in [0.2, 0.25) is 0 Å². The minimum Gasteiger partial charge on any atom is -0.329 e. The number of amides is 1. The SMILES string of the molecule is [C-]#[N+]c1ccc(C(=O)Nc2cc[nH]c(=O)c2)c(F)c1. The highest BCUT2D eigenvalue weighted by molar-refractivity contribution is 6.04. The summed E-state index contributed by atoms with van der Waals surface area (Å²) in [4.78, 5) is 28.3. The summed E-state index contributed by atoms with van der Waals surface area (Å²) >= 11 is 0. The van der Waals surface area contributed by atoms with Gasteiger partial charge in [0.15, 0.2) is 5.69 Å². The van der Waals surface area contributed by atoms with Crippen molar-refractivity contribution in [2.45, 2.75) is 0 Å². The first kappa shape index (κ1) is 12.5. The molecule has 0 saturated carbocycles. The van der Waals surface area contributed by atoms with E-state index in [9.17, 15) is 14.0 Å². The maximum Gasteiger partial charge on any atom is 0.258 e. The first-order valence-corrected chi connectivity index (χ1v) is 5.27. The van der Waals surface area contributed by atoms with Gasteiger partial charge in [-0.15, -0.1) is 0 Å². The highest BCUT2D eigenvalue weighted by Crippen LogP contribution is 2.18. The van der Waals surface area contributed by atoms with Crippen LogP contribution < -0.4 is 10.9 Å². The Morgan fingerprint density at radius 2 is 2.11 bits per heavy atom. The molecule has 1 aromatic carbocycles. The number of aromatic amines is 1. The van der Waals surface area contributed by atoms with Gasteiger partial charge in [0.25, 0.3) is 5.91 Å². The molecule has 0 radical (unpaired) electrons. The molecule has 1 amide bonds. The number of benzene rings is 1. The Balaban J connectivity index is 2.26. The highest BCUT2D eigenvalue weighted by atomic mass is 19.1. The standard InChI is InChI=1S/C13H8FN3O2/c1-15-8-2-3-10(11(14)6-8)13(19)17-9-4-5-16-12(18)7-9/h2-7H,(H2,16,17,18,19). The third-order valence-electron chi connectivity index (χ3n) is 2.36. The molecule has 0 bridgehead atoms. The van der Waals surface area contributed by atoms with E-state index in [4.69, 9.17) is 6.57 Å². The molecule has 2 N–H and O–H groups in total. The van der Waals surface area contributed by atoms with Gasteiger partial charge in [0, 0.05) is 18.0 Å². The fraction of sp³-hybridized carbons (Fsp3) is 0. The second-order valence-electron chi connectivity index (χ2n) is 3.67. The Hall–Kier alpha value is -2.94. The predicted octanol–water partition coefficient (Wildman–Crippen LogP) is 2.32. The second-order valence-corrected chi connectivity index (χ2v) is 3.67. The van der Waals surface area contributed by atoms with Crippen molar-refractivity contribution in [1.29, 1.82) is 0 Å². The van der Waals surface area contributed by atoms with Gasteiger partial charge in [-0.25, -0.2) is 9.24 Å². The zero-order chi connectivity index (χ0) is 13.8. The largest absolute Gasteiger partial charge is 0.329 e. The maximum absolute atomic E-state index is 13.6. The lowest BCUT2D eigenvalue weighted by atomic mass is 10.1. The van der Waals surface area contributed by atoms with Crippen LogP contribution in [0.3, 0.4) is 0 Å². The van der Waals surface area contributed by atoms with E-state index in [2.05, 4.69) is 15.1 Å². The minimum absolute atomic E-state index is 0.116. The van der Waals surface area contributed by atoms with E-state index in [-0.39, 0.29) is 22.5 Å². The highest BCUT2D eigenvalue weighted by Gasteiger charge is 2.12. The molecule has 5 nitrogen and oxygen atoms in total. The van der Waals surface area contributed by atoms with E-state index in [1.165, 1.54) is 30.5 Å². The lowest BCUT2D eigenvalue weighted by Crippen LogP contribution is -2.15. The zero-order valence-electron chi connectivity index (χ0n) is 9.61. The van der Waals surface area contributed by atoms with Crippen LogP contribution in [-0.4, -0.2) is 10.9 Å². The average molecular weight is 257 g/mol. The Kier molecular flexibility index (Phi) is 3.39. The Labute approximate surface area is 107 Å². The minimum atomic E-state index is -0.782. The van der Waals surface area contributed by atoms with Crippen molar-refractivity contribution >= 4 is 17.3 Å². The summed E-state index contributed by atoms with van der Waals surface area (Å²) in [5, 5.41) is 2.40. The van der Waals surface area contributed by atoms with E-state index in [1.807, 2.05) is 0 Å².